The van der Waals surface area contributed by atoms with Gasteiger partial charge in [0.15, 0.2) is 17.6 Å². The van der Waals surface area contributed by atoms with E-state index in [9.17, 15) is 35.4 Å². The van der Waals surface area contributed by atoms with Gasteiger partial charge in [-0.05, 0) is 38.1 Å². The van der Waals surface area contributed by atoms with Crippen molar-refractivity contribution < 1.29 is 49.6 Å². The Balaban J connectivity index is 1.44. The monoisotopic (exact) mass is 477 g/mol. The van der Waals surface area contributed by atoms with Crippen LogP contribution in [0.4, 0.5) is 0 Å². The maximum atomic E-state index is 11.8. The van der Waals surface area contributed by atoms with Crippen LogP contribution in [0.5, 0.6) is 11.5 Å². The van der Waals surface area contributed by atoms with E-state index in [0.717, 1.165) is 11.1 Å². The van der Waals surface area contributed by atoms with Gasteiger partial charge in [-0.1, -0.05) is 18.2 Å². The fraction of sp³-hybridized carbons (Fsp3) is 0.609. The number of likely N-dealkylation sites (N-methyl/N-ethyl adjacent to an activating group) is 1. The summed E-state index contributed by atoms with van der Waals surface area (Å²) >= 11 is 0. The molecule has 2 fully saturated rings. The first-order chi connectivity index (χ1) is 16.1. The molecule has 34 heavy (non-hydrogen) atoms. The first-order valence-electron chi connectivity index (χ1n) is 11.3. The number of piperidine rings is 1. The molecular formula is C23H27NO10. The highest BCUT2D eigenvalue weighted by Gasteiger charge is 2.72. The Bertz CT molecular complexity index is 1080. The summed E-state index contributed by atoms with van der Waals surface area (Å²) in [5.41, 5.74) is 0.759. The lowest BCUT2D eigenvalue weighted by molar-refractivity contribution is -0.272. The number of carbonyl (C=O) groups is 1. The number of aliphatic hydroxyl groups is 5. The number of carboxylic acid groups (broad SMARTS) is 1. The summed E-state index contributed by atoms with van der Waals surface area (Å²) in [5.74, 6) is -3.32. The molecule has 11 heteroatoms. The van der Waals surface area contributed by atoms with Crippen LogP contribution >= 0.6 is 0 Å². The van der Waals surface area contributed by atoms with Crippen LogP contribution in [0.15, 0.2) is 24.3 Å². The zero-order valence-electron chi connectivity index (χ0n) is 18.3. The molecule has 0 radical (unpaired) electrons. The molecule has 10 atom stereocenters. The van der Waals surface area contributed by atoms with Crippen LogP contribution in [-0.2, 0) is 21.4 Å². The van der Waals surface area contributed by atoms with Crippen LogP contribution in [0.25, 0.3) is 0 Å². The molecule has 6 N–H and O–H groups in total. The van der Waals surface area contributed by atoms with Crippen LogP contribution in [0.1, 0.15) is 17.5 Å². The molecule has 3 aliphatic heterocycles. The summed E-state index contributed by atoms with van der Waals surface area (Å²) in [4.78, 5) is 13.7. The number of nitrogens with zero attached hydrogens (tertiary/aromatic N) is 1. The Morgan fingerprint density at radius 3 is 2.65 bits per heavy atom. The van der Waals surface area contributed by atoms with Gasteiger partial charge in [0.05, 0.1) is 5.41 Å². The summed E-state index contributed by atoms with van der Waals surface area (Å²) in [7, 11) is 2.04. The summed E-state index contributed by atoms with van der Waals surface area (Å²) in [5, 5.41) is 62.4. The van der Waals surface area contributed by atoms with Crippen LogP contribution < -0.4 is 9.47 Å². The van der Waals surface area contributed by atoms with Crippen LogP contribution in [0, 0.1) is 5.92 Å². The van der Waals surface area contributed by atoms with Crippen molar-refractivity contribution >= 4 is 5.97 Å². The average molecular weight is 477 g/mol. The lowest BCUT2D eigenvalue weighted by Gasteiger charge is -2.58. The molecule has 2 saturated heterocycles. The molecule has 2 bridgehead atoms. The number of ether oxygens (including phenoxy) is 3. The first-order valence-corrected chi connectivity index (χ1v) is 11.3. The molecule has 0 amide bonds. The van der Waals surface area contributed by atoms with E-state index in [-0.39, 0.29) is 23.5 Å². The predicted molar refractivity (Wildman–Crippen MR) is 112 cm³/mol. The zero-order valence-corrected chi connectivity index (χ0v) is 18.3. The smallest absolute Gasteiger partial charge is 0.335 e. The Kier molecular flexibility index (Phi) is 4.67. The van der Waals surface area contributed by atoms with Crippen molar-refractivity contribution in [2.24, 2.45) is 5.92 Å². The van der Waals surface area contributed by atoms with Crippen molar-refractivity contribution in [1.29, 1.82) is 0 Å². The van der Waals surface area contributed by atoms with Gasteiger partial charge in [0.25, 0.3) is 0 Å². The summed E-state index contributed by atoms with van der Waals surface area (Å²) in [6.45, 7) is 0.687. The second-order valence-corrected chi connectivity index (χ2v) is 9.91. The highest BCUT2D eigenvalue weighted by Crippen LogP contribution is 2.65. The van der Waals surface area contributed by atoms with Crippen molar-refractivity contribution in [3.8, 4) is 11.5 Å². The number of aliphatic carboxylic acids is 1. The molecular weight excluding hydrogens is 450 g/mol. The second kappa shape index (κ2) is 7.14. The number of hydrogen-bond acceptors (Lipinski definition) is 10. The number of likely N-dealkylation sites (tertiary alicyclic amines) is 1. The molecule has 3 heterocycles. The van der Waals surface area contributed by atoms with Crippen LogP contribution in [0.2, 0.25) is 0 Å². The molecule has 1 spiro atoms. The third-order valence-corrected chi connectivity index (χ3v) is 8.35. The minimum Gasteiger partial charge on any atom is -0.479 e. The number of hydrogen-bond donors (Lipinski definition) is 6. The molecule has 6 rings (SSSR count). The molecule has 0 unspecified atom stereocenters. The summed E-state index contributed by atoms with van der Waals surface area (Å²) in [6.07, 6.45) is -5.42. The molecule has 1 aromatic rings. The highest BCUT2D eigenvalue weighted by molar-refractivity contribution is 5.73. The van der Waals surface area contributed by atoms with Gasteiger partial charge in [0, 0.05) is 17.5 Å². The molecule has 184 valence electrons. The second-order valence-electron chi connectivity index (χ2n) is 9.91. The molecule has 1 aromatic carbocycles. The van der Waals surface area contributed by atoms with E-state index in [4.69, 9.17) is 14.2 Å². The largest absolute Gasteiger partial charge is 0.479 e. The van der Waals surface area contributed by atoms with Crippen molar-refractivity contribution in [2.75, 3.05) is 13.6 Å². The van der Waals surface area contributed by atoms with E-state index in [1.807, 2.05) is 19.2 Å². The fourth-order valence-corrected chi connectivity index (χ4v) is 6.64. The van der Waals surface area contributed by atoms with Gasteiger partial charge in [-0.2, -0.15) is 0 Å². The third kappa shape index (κ3) is 2.57. The molecule has 0 aromatic heterocycles. The summed E-state index contributed by atoms with van der Waals surface area (Å²) in [6, 6.07) is 3.51. The Morgan fingerprint density at radius 2 is 1.91 bits per heavy atom. The maximum Gasteiger partial charge on any atom is 0.335 e. The van der Waals surface area contributed by atoms with E-state index in [1.54, 1.807) is 12.1 Å². The minimum atomic E-state index is -1.94. The van der Waals surface area contributed by atoms with Crippen molar-refractivity contribution in [2.45, 2.75) is 66.9 Å². The SMILES string of the molecule is CN1CC[C@]23c4c5ccc(O[C@@H]6O[C@H](C(=O)O)[C@@H](O)[C@H](O)[C@H]6O)c4O[C@@]2(O)[C@@H](O)C=C[C@H]3[C@H]1C5. The van der Waals surface area contributed by atoms with E-state index >= 15 is 0 Å². The molecule has 11 nitrogen and oxygen atoms in total. The van der Waals surface area contributed by atoms with Crippen molar-refractivity contribution in [1.82, 2.24) is 4.90 Å². The van der Waals surface area contributed by atoms with Gasteiger partial charge in [-0.25, -0.2) is 4.79 Å². The maximum absolute atomic E-state index is 11.8. The standard InChI is InChI=1S/C23H27NO10/c1-24-7-6-22-10-3-5-13(25)23(22,31)34-18-12(4-2-9(14(18)22)8-11(10)24)32-21-17(28)15(26)16(27)19(33-21)20(29)30/h2-5,10-11,13,15-17,19,21,25-28,31H,6-8H2,1H3,(H,29,30)/t10-,11+,13-,15-,16-,17+,19-,21+,22-,23-/m0/s1. The number of benzene rings is 1. The Morgan fingerprint density at radius 1 is 1.15 bits per heavy atom. The van der Waals surface area contributed by atoms with Crippen LogP contribution in [0.3, 0.4) is 0 Å². The van der Waals surface area contributed by atoms with E-state index < -0.39 is 54.0 Å². The predicted octanol–water partition coefficient (Wildman–Crippen LogP) is -1.92. The summed E-state index contributed by atoms with van der Waals surface area (Å²) < 4.78 is 17.2. The Hall–Kier alpha value is -2.25. The van der Waals surface area contributed by atoms with E-state index in [0.29, 0.717) is 19.4 Å². The first kappa shape index (κ1) is 22.2. The average Bonchev–Trinajstić information content (AvgIpc) is 3.08. The normalized spacial score (nSPS) is 46.5. The van der Waals surface area contributed by atoms with E-state index in [2.05, 4.69) is 4.90 Å². The lowest BCUT2D eigenvalue weighted by Crippen LogP contribution is -2.71. The van der Waals surface area contributed by atoms with Gasteiger partial charge in [-0.3, -0.25) is 0 Å². The zero-order chi connectivity index (χ0) is 24.2. The number of carboxylic acids is 1. The van der Waals surface area contributed by atoms with Gasteiger partial charge in [0.2, 0.25) is 12.1 Å². The van der Waals surface area contributed by atoms with Gasteiger partial charge in [-0.15, -0.1) is 0 Å². The number of aliphatic hydroxyl groups excluding tert-OH is 4. The third-order valence-electron chi connectivity index (χ3n) is 8.35. The minimum absolute atomic E-state index is 0.0658. The van der Waals surface area contributed by atoms with E-state index in [1.165, 1.54) is 0 Å². The molecule has 0 saturated carbocycles. The molecule has 2 aliphatic carbocycles. The van der Waals surface area contributed by atoms with Gasteiger partial charge in [0.1, 0.15) is 24.4 Å². The van der Waals surface area contributed by atoms with Crippen LogP contribution in [-0.4, -0.2) is 104 Å². The highest BCUT2D eigenvalue weighted by atomic mass is 16.7. The topological polar surface area (TPSA) is 169 Å². The van der Waals surface area contributed by atoms with Crippen molar-refractivity contribution in [3.05, 3.63) is 35.4 Å². The quantitative estimate of drug-likeness (QED) is 0.268. The van der Waals surface area contributed by atoms with Crippen molar-refractivity contribution in [3.63, 3.8) is 0 Å². The molecule has 5 aliphatic rings. The number of rotatable bonds is 3. The lowest BCUT2D eigenvalue weighted by atomic mass is 9.52. The Labute approximate surface area is 194 Å². The van der Waals surface area contributed by atoms with Gasteiger partial charge >= 0.3 is 5.97 Å². The fourth-order valence-electron chi connectivity index (χ4n) is 6.64. The van der Waals surface area contributed by atoms with Gasteiger partial charge < -0.3 is 49.7 Å².